The van der Waals surface area contributed by atoms with Crippen molar-refractivity contribution < 1.29 is 124 Å². The molecule has 0 radical (unpaired) electrons. The minimum atomic E-state index is -6.13. The zero-order valence-electron chi connectivity index (χ0n) is 37.2. The van der Waals surface area contributed by atoms with Gasteiger partial charge in [0.05, 0.1) is 57.2 Å². The van der Waals surface area contributed by atoms with Gasteiger partial charge in [0, 0.05) is 17.7 Å². The van der Waals surface area contributed by atoms with E-state index in [9.17, 15) is 115 Å². The number of hydrogen-bond acceptors (Lipinski definition) is 3. The van der Waals surface area contributed by atoms with Crippen molar-refractivity contribution in [2.75, 3.05) is 7.11 Å². The van der Waals surface area contributed by atoms with E-state index in [1.54, 1.807) is 41.2 Å². The van der Waals surface area contributed by atoms with Crippen LogP contribution in [0.15, 0.2) is 128 Å². The fourth-order valence-electron chi connectivity index (χ4n) is 7.77. The molecule has 29 heteroatoms. The van der Waals surface area contributed by atoms with Gasteiger partial charge < -0.3 is 4.74 Å². The van der Waals surface area contributed by atoms with Gasteiger partial charge in [-0.25, -0.2) is 4.79 Å². The van der Waals surface area contributed by atoms with E-state index < -0.39 is 195 Å². The van der Waals surface area contributed by atoms with Gasteiger partial charge in [-0.15, -0.1) is 0 Å². The molecule has 0 N–H and O–H groups in total. The molecule has 0 bridgehead atoms. The molecule has 0 unspecified atom stereocenters. The molecule has 408 valence electrons. The minimum Gasteiger partial charge on any atom is -0.465 e. The van der Waals surface area contributed by atoms with Crippen LogP contribution in [0.25, 0.3) is 0 Å². The molecule has 5 aromatic carbocycles. The number of carbonyl (C=O) groups is 2. The highest BCUT2D eigenvalue weighted by Gasteiger charge is 2.47. The van der Waals surface area contributed by atoms with E-state index in [0.29, 0.717) is 11.1 Å². The number of ketones is 1. The summed E-state index contributed by atoms with van der Waals surface area (Å²) in [4.78, 5) is 23.2. The number of rotatable bonds is 8. The Labute approximate surface area is 410 Å². The monoisotopic (exact) mass is 1120 g/mol. The number of nitrogens with zero attached hydrogens (tertiary/aromatic N) is 1. The topological polar surface area (TPSA) is 47.2 Å². The third-order valence-corrected chi connectivity index (χ3v) is 11.2. The van der Waals surface area contributed by atoms with Crippen molar-refractivity contribution in [3.05, 3.63) is 183 Å². The van der Waals surface area contributed by atoms with Crippen LogP contribution in [0.1, 0.15) is 65.2 Å². The Morgan fingerprint density at radius 2 is 0.605 bits per heavy atom. The SMILES string of the molecule is COC(=O)c1cc[n+](CC(=O)c2ccccc2)cc1.FC(F)(F)c1cc([B-](c2cc(C(F)(F)F)cc(C(F)(F)F)c2)(c2cc(C(F)(F)F)cc(C(F)(F)F)c2)c2cc(C(F)(F)F)cc(C(F)(F)F)c2)cc(C(F)(F)F)c1. The van der Waals surface area contributed by atoms with Crippen molar-refractivity contribution in [3.63, 3.8) is 0 Å². The Morgan fingerprint density at radius 3 is 0.816 bits per heavy atom. The molecule has 0 aliphatic rings. The first-order valence-corrected chi connectivity index (χ1v) is 20.5. The van der Waals surface area contributed by atoms with E-state index in [-0.39, 0.29) is 18.3 Å². The Bertz CT molecular complexity index is 2640. The lowest BCUT2D eigenvalue weighted by Gasteiger charge is -2.46. The maximum absolute atomic E-state index is 14.2. The number of hydrogen-bond donors (Lipinski definition) is 0. The van der Waals surface area contributed by atoms with Gasteiger partial charge in [-0.3, -0.25) is 4.79 Å². The molecule has 0 aliphatic heterocycles. The number of Topliss-reactive ketones (excluding diaryl/α,β-unsaturated/α-hetero) is 1. The summed E-state index contributed by atoms with van der Waals surface area (Å²) in [7, 11) is 1.34. The molecule has 0 fully saturated rings. The van der Waals surface area contributed by atoms with Crippen LogP contribution >= 0.6 is 0 Å². The fourth-order valence-corrected chi connectivity index (χ4v) is 7.77. The molecular weight excluding hydrogens is 1090 g/mol. The van der Waals surface area contributed by atoms with Crippen molar-refractivity contribution in [1.82, 2.24) is 0 Å². The molecule has 4 nitrogen and oxygen atoms in total. The van der Waals surface area contributed by atoms with Crippen LogP contribution in [-0.2, 0) is 60.7 Å². The Morgan fingerprint density at radius 1 is 0.368 bits per heavy atom. The van der Waals surface area contributed by atoms with Crippen LogP contribution in [0.2, 0.25) is 0 Å². The molecule has 1 aromatic heterocycles. The normalized spacial score (nSPS) is 13.2. The minimum absolute atomic E-state index is 0.0245. The summed E-state index contributed by atoms with van der Waals surface area (Å²) >= 11 is 0. The number of alkyl halides is 24. The third kappa shape index (κ3) is 13.8. The van der Waals surface area contributed by atoms with Gasteiger partial charge in [0.2, 0.25) is 12.3 Å². The first-order chi connectivity index (χ1) is 34.5. The van der Waals surface area contributed by atoms with E-state index in [1.165, 1.54) is 7.11 Å². The number of pyridine rings is 1. The molecule has 0 aliphatic carbocycles. The number of ether oxygens (including phenoxy) is 1. The van der Waals surface area contributed by atoms with Crippen LogP contribution < -0.4 is 26.4 Å². The molecule has 76 heavy (non-hydrogen) atoms. The van der Waals surface area contributed by atoms with Crippen LogP contribution in [0.4, 0.5) is 105 Å². The zero-order valence-corrected chi connectivity index (χ0v) is 37.2. The number of aromatic nitrogens is 1. The van der Waals surface area contributed by atoms with Gasteiger partial charge in [0.1, 0.15) is 6.15 Å². The van der Waals surface area contributed by atoms with Gasteiger partial charge in [0.15, 0.2) is 12.4 Å². The van der Waals surface area contributed by atoms with Gasteiger partial charge in [0.25, 0.3) is 0 Å². The summed E-state index contributed by atoms with van der Waals surface area (Å²) in [6, 6.07) is 3.55. The maximum atomic E-state index is 14.2. The van der Waals surface area contributed by atoms with Crippen LogP contribution in [-0.4, -0.2) is 25.0 Å². The van der Waals surface area contributed by atoms with Crippen molar-refractivity contribution in [3.8, 4) is 0 Å². The molecule has 0 spiro atoms. The molecule has 1 heterocycles. The molecular formula is C47H26BF24NO3. The summed E-state index contributed by atoms with van der Waals surface area (Å²) in [5, 5.41) is 0. The fraction of sp³-hybridized carbons (Fsp3) is 0.213. The first kappa shape index (κ1) is 59.6. The molecule has 6 rings (SSSR count). The highest BCUT2D eigenvalue weighted by atomic mass is 19.4. The van der Waals surface area contributed by atoms with Crippen LogP contribution in [0.3, 0.4) is 0 Å². The largest absolute Gasteiger partial charge is 0.465 e. The lowest BCUT2D eigenvalue weighted by Crippen LogP contribution is -2.75. The molecule has 0 saturated carbocycles. The van der Waals surface area contributed by atoms with Gasteiger partial charge in [-0.2, -0.15) is 132 Å². The Kier molecular flexibility index (Phi) is 16.3. The van der Waals surface area contributed by atoms with Crippen molar-refractivity contribution >= 4 is 39.7 Å². The zero-order chi connectivity index (χ0) is 57.6. The molecule has 0 saturated heterocycles. The second-order valence-electron chi connectivity index (χ2n) is 16.3. The highest BCUT2D eigenvalue weighted by molar-refractivity contribution is 7.20. The highest BCUT2D eigenvalue weighted by Crippen LogP contribution is 2.41. The second kappa shape index (κ2) is 20.7. The maximum Gasteiger partial charge on any atom is 0.416 e. The Hall–Kier alpha value is -7.23. The van der Waals surface area contributed by atoms with E-state index in [1.807, 2.05) is 18.2 Å². The van der Waals surface area contributed by atoms with Crippen molar-refractivity contribution in [2.45, 2.75) is 56.0 Å². The molecule has 6 aromatic rings. The Balaban J connectivity index is 0.000000468. The summed E-state index contributed by atoms with van der Waals surface area (Å²) in [5.41, 5.74) is -29.1. The van der Waals surface area contributed by atoms with Gasteiger partial charge in [-0.1, -0.05) is 78.9 Å². The summed E-state index contributed by atoms with van der Waals surface area (Å²) in [6.07, 6.45) is -51.4. The standard InChI is InChI=1S/C32H12BF24.C15H14NO3/c34-25(35,36)13-1-14(26(37,38)39)6-21(5-13)33(22-7-15(27(40,41)42)2-16(8-22)28(43,44)45,23-9-17(29(46,47)48)3-18(10-23)30(49,50)51)24-11-19(31(52,53)54)4-20(12-24)32(55,56)57;1-19-15(18)13-7-9-16(10-8-13)11-14(17)12-5-3-2-4-6-12/h1-12H;2-10H,11H2,1H3/q-1;+1. The van der Waals surface area contributed by atoms with Gasteiger partial charge >= 0.3 is 55.4 Å². The molecule has 0 amide bonds. The van der Waals surface area contributed by atoms with Crippen LogP contribution in [0, 0.1) is 0 Å². The number of esters is 1. The molecule has 0 atom stereocenters. The van der Waals surface area contributed by atoms with E-state index in [2.05, 4.69) is 4.74 Å². The number of benzene rings is 5. The van der Waals surface area contributed by atoms with E-state index in [4.69, 9.17) is 0 Å². The number of methoxy groups -OCH3 is 1. The predicted molar refractivity (Wildman–Crippen MR) is 219 cm³/mol. The quantitative estimate of drug-likeness (QED) is 0.0502. The van der Waals surface area contributed by atoms with E-state index >= 15 is 0 Å². The first-order valence-electron chi connectivity index (χ1n) is 20.5. The number of carbonyl (C=O) groups excluding carboxylic acids is 2. The lowest BCUT2D eigenvalue weighted by molar-refractivity contribution is -0.683. The lowest BCUT2D eigenvalue weighted by atomic mass is 9.12. The second-order valence-corrected chi connectivity index (χ2v) is 16.3. The van der Waals surface area contributed by atoms with Crippen LogP contribution in [0.5, 0.6) is 0 Å². The smallest absolute Gasteiger partial charge is 0.416 e. The average molecular weight is 1120 g/mol. The number of halogens is 24. The third-order valence-electron chi connectivity index (χ3n) is 11.2. The van der Waals surface area contributed by atoms with Crippen molar-refractivity contribution in [2.24, 2.45) is 0 Å². The summed E-state index contributed by atoms with van der Waals surface area (Å²) in [5.74, 6) is -0.363. The van der Waals surface area contributed by atoms with Gasteiger partial charge in [-0.05, 0) is 24.3 Å². The van der Waals surface area contributed by atoms with E-state index in [0.717, 1.165) is 0 Å². The predicted octanol–water partition coefficient (Wildman–Crippen LogP) is 12.9. The summed E-state index contributed by atoms with van der Waals surface area (Å²) in [6.45, 7) is 0.242. The average Bonchev–Trinajstić information content (AvgIpc) is 3.29. The van der Waals surface area contributed by atoms with Crippen molar-refractivity contribution in [1.29, 1.82) is 0 Å². The summed E-state index contributed by atoms with van der Waals surface area (Å²) < 4.78 is 347.